The van der Waals surface area contributed by atoms with Gasteiger partial charge < -0.3 is 0 Å². The van der Waals surface area contributed by atoms with Gasteiger partial charge in [0.2, 0.25) is 15.9 Å². The molecule has 1 aliphatic heterocycles. The Bertz CT molecular complexity index is 930. The van der Waals surface area contributed by atoms with E-state index in [0.29, 0.717) is 5.56 Å². The molecule has 1 aliphatic rings. The van der Waals surface area contributed by atoms with E-state index in [1.165, 1.54) is 17.7 Å². The molecule has 25 heavy (non-hydrogen) atoms. The van der Waals surface area contributed by atoms with E-state index in [9.17, 15) is 13.2 Å². The first kappa shape index (κ1) is 17.7. The maximum atomic E-state index is 12.4. The molecule has 132 valence electrons. The number of hydrogen-bond donors (Lipinski definition) is 2. The lowest BCUT2D eigenvalue weighted by Gasteiger charge is -2.25. The van der Waals surface area contributed by atoms with E-state index in [0.717, 1.165) is 12.1 Å². The van der Waals surface area contributed by atoms with Crippen LogP contribution in [-0.4, -0.2) is 20.4 Å². The highest BCUT2D eigenvalue weighted by atomic mass is 35.5. The van der Waals surface area contributed by atoms with Gasteiger partial charge in [0.05, 0.1) is 23.2 Å². The number of para-hydroxylation sites is 1. The van der Waals surface area contributed by atoms with Gasteiger partial charge in [-0.2, -0.15) is 0 Å². The number of primary sulfonamides is 1. The van der Waals surface area contributed by atoms with Crippen molar-refractivity contribution >= 4 is 33.2 Å². The Hall–Kier alpha value is -2.09. The second kappa shape index (κ2) is 6.67. The quantitative estimate of drug-likeness (QED) is 0.849. The molecule has 0 bridgehead atoms. The minimum atomic E-state index is -3.94. The van der Waals surface area contributed by atoms with Crippen molar-refractivity contribution in [3.63, 3.8) is 0 Å². The monoisotopic (exact) mass is 379 g/mol. The number of rotatable bonds is 4. The first-order valence-corrected chi connectivity index (χ1v) is 9.66. The number of nitrogens with zero attached hydrogens (tertiary/aromatic N) is 1. The highest BCUT2D eigenvalue weighted by Gasteiger charge is 2.27. The Kier molecular flexibility index (Phi) is 4.73. The van der Waals surface area contributed by atoms with Gasteiger partial charge in [-0.15, -0.1) is 0 Å². The van der Waals surface area contributed by atoms with Crippen LogP contribution in [0.25, 0.3) is 0 Å². The molecule has 0 spiro atoms. The fourth-order valence-electron chi connectivity index (χ4n) is 2.97. The Labute approximate surface area is 151 Å². The Morgan fingerprint density at radius 1 is 1.32 bits per heavy atom. The highest BCUT2D eigenvalue weighted by molar-refractivity contribution is 7.89. The normalized spacial score (nSPS) is 16.6. The molecule has 0 radical (unpaired) electrons. The number of carbonyl (C=O) groups is 1. The van der Waals surface area contributed by atoms with Crippen LogP contribution in [0.1, 0.15) is 18.1 Å². The standard InChI is InChI=1S/C17H18ClN3O3S/c1-11-8-13-4-2-3-5-15(13)21(11)20-17(22)10-12-6-7-14(18)16(9-12)25(19,23)24/h2-7,9,11H,8,10H2,1H3,(H,20,22)(H2,19,23,24). The van der Waals surface area contributed by atoms with Gasteiger partial charge in [-0.1, -0.05) is 35.9 Å². The number of nitrogens with two attached hydrogens (primary N) is 1. The number of nitrogens with one attached hydrogen (secondary N) is 1. The van der Waals surface area contributed by atoms with Gasteiger partial charge in [0, 0.05) is 0 Å². The van der Waals surface area contributed by atoms with Crippen molar-refractivity contribution in [3.05, 3.63) is 58.6 Å². The molecular weight excluding hydrogens is 362 g/mol. The zero-order valence-electron chi connectivity index (χ0n) is 13.6. The maximum absolute atomic E-state index is 12.4. The summed E-state index contributed by atoms with van der Waals surface area (Å²) in [5, 5.41) is 7.02. The van der Waals surface area contributed by atoms with Crippen molar-refractivity contribution in [1.82, 2.24) is 5.43 Å². The Morgan fingerprint density at radius 3 is 2.76 bits per heavy atom. The molecule has 2 aromatic carbocycles. The molecule has 3 rings (SSSR count). The van der Waals surface area contributed by atoms with Crippen molar-refractivity contribution in [3.8, 4) is 0 Å². The number of hydrazine groups is 1. The van der Waals surface area contributed by atoms with Gasteiger partial charge in [-0.3, -0.25) is 15.2 Å². The summed E-state index contributed by atoms with van der Waals surface area (Å²) in [6, 6.07) is 12.4. The SMILES string of the molecule is CC1Cc2ccccc2N1NC(=O)Cc1ccc(Cl)c(S(N)(=O)=O)c1. The minimum Gasteiger partial charge on any atom is -0.282 e. The number of benzene rings is 2. The van der Waals surface area contributed by atoms with Gasteiger partial charge in [0.15, 0.2) is 0 Å². The second-order valence-corrected chi connectivity index (χ2v) is 8.01. The lowest BCUT2D eigenvalue weighted by molar-refractivity contribution is -0.120. The number of fused-ring (bicyclic) bond motifs is 1. The third kappa shape index (κ3) is 3.78. The Balaban J connectivity index is 1.76. The third-order valence-corrected chi connectivity index (χ3v) is 5.51. The maximum Gasteiger partial charge on any atom is 0.242 e. The molecule has 1 unspecified atom stereocenters. The zero-order valence-corrected chi connectivity index (χ0v) is 15.1. The number of sulfonamides is 1. The van der Waals surface area contributed by atoms with Crippen LogP contribution in [0.15, 0.2) is 47.4 Å². The third-order valence-electron chi connectivity index (χ3n) is 4.12. The Morgan fingerprint density at radius 2 is 2.04 bits per heavy atom. The lowest BCUT2D eigenvalue weighted by Crippen LogP contribution is -2.46. The van der Waals surface area contributed by atoms with E-state index in [-0.39, 0.29) is 28.3 Å². The van der Waals surface area contributed by atoms with Crippen LogP contribution in [0.2, 0.25) is 5.02 Å². The van der Waals surface area contributed by atoms with E-state index in [1.807, 2.05) is 36.2 Å². The van der Waals surface area contributed by atoms with E-state index in [1.54, 1.807) is 6.07 Å². The molecule has 1 amide bonds. The topological polar surface area (TPSA) is 92.5 Å². The van der Waals surface area contributed by atoms with Crippen LogP contribution < -0.4 is 15.6 Å². The van der Waals surface area contributed by atoms with E-state index in [4.69, 9.17) is 16.7 Å². The van der Waals surface area contributed by atoms with Gasteiger partial charge in [-0.25, -0.2) is 13.6 Å². The summed E-state index contributed by atoms with van der Waals surface area (Å²) in [7, 11) is -3.94. The average Bonchev–Trinajstić information content (AvgIpc) is 2.84. The summed E-state index contributed by atoms with van der Waals surface area (Å²) in [6.07, 6.45) is 0.873. The molecule has 2 aromatic rings. The van der Waals surface area contributed by atoms with Crippen molar-refractivity contribution in [2.45, 2.75) is 30.7 Å². The highest BCUT2D eigenvalue weighted by Crippen LogP contribution is 2.30. The van der Waals surface area contributed by atoms with Crippen molar-refractivity contribution in [1.29, 1.82) is 0 Å². The molecule has 6 nitrogen and oxygen atoms in total. The zero-order chi connectivity index (χ0) is 18.2. The molecule has 0 fully saturated rings. The smallest absolute Gasteiger partial charge is 0.242 e. The fraction of sp³-hybridized carbons (Fsp3) is 0.235. The molecular formula is C17H18ClN3O3S. The number of anilines is 1. The number of carbonyl (C=O) groups excluding carboxylic acids is 1. The van der Waals surface area contributed by atoms with Crippen LogP contribution >= 0.6 is 11.6 Å². The summed E-state index contributed by atoms with van der Waals surface area (Å²) >= 11 is 5.86. The molecule has 8 heteroatoms. The molecule has 1 heterocycles. The van der Waals surface area contributed by atoms with Gasteiger partial charge in [0.1, 0.15) is 4.90 Å². The molecule has 0 saturated heterocycles. The van der Waals surface area contributed by atoms with Gasteiger partial charge in [0.25, 0.3) is 0 Å². The molecule has 0 aliphatic carbocycles. The van der Waals surface area contributed by atoms with Crippen LogP contribution in [-0.2, 0) is 27.7 Å². The van der Waals surface area contributed by atoms with Gasteiger partial charge >= 0.3 is 0 Å². The van der Waals surface area contributed by atoms with Crippen LogP contribution in [0.5, 0.6) is 0 Å². The first-order chi connectivity index (χ1) is 11.8. The average molecular weight is 380 g/mol. The fourth-order valence-corrected chi connectivity index (χ4v) is 4.07. The van der Waals surface area contributed by atoms with Crippen molar-refractivity contribution in [2.75, 3.05) is 5.01 Å². The van der Waals surface area contributed by atoms with E-state index < -0.39 is 10.0 Å². The summed E-state index contributed by atoms with van der Waals surface area (Å²) < 4.78 is 23.1. The second-order valence-electron chi connectivity index (χ2n) is 6.07. The number of hydrogen-bond acceptors (Lipinski definition) is 4. The molecule has 3 N–H and O–H groups in total. The summed E-state index contributed by atoms with van der Waals surface area (Å²) in [5.41, 5.74) is 5.56. The van der Waals surface area contributed by atoms with Crippen LogP contribution in [0.4, 0.5) is 5.69 Å². The predicted molar refractivity (Wildman–Crippen MR) is 96.8 cm³/mol. The lowest BCUT2D eigenvalue weighted by atomic mass is 10.1. The van der Waals surface area contributed by atoms with E-state index >= 15 is 0 Å². The van der Waals surface area contributed by atoms with E-state index in [2.05, 4.69) is 5.43 Å². The van der Waals surface area contributed by atoms with Crippen LogP contribution in [0, 0.1) is 0 Å². The molecule has 1 atom stereocenters. The summed E-state index contributed by atoms with van der Waals surface area (Å²) in [4.78, 5) is 12.2. The molecule has 0 aromatic heterocycles. The minimum absolute atomic E-state index is 0.0189. The first-order valence-electron chi connectivity index (χ1n) is 7.73. The number of halogens is 1. The van der Waals surface area contributed by atoms with Crippen molar-refractivity contribution in [2.24, 2.45) is 5.14 Å². The van der Waals surface area contributed by atoms with Crippen LogP contribution in [0.3, 0.4) is 0 Å². The van der Waals surface area contributed by atoms with Gasteiger partial charge in [-0.05, 0) is 42.7 Å². The van der Waals surface area contributed by atoms with Crippen molar-refractivity contribution < 1.29 is 13.2 Å². The predicted octanol–water partition coefficient (Wildman–Crippen LogP) is 2.01. The summed E-state index contributed by atoms with van der Waals surface area (Å²) in [6.45, 7) is 2.03. The largest absolute Gasteiger partial charge is 0.282 e. The number of amides is 1. The summed E-state index contributed by atoms with van der Waals surface area (Å²) in [5.74, 6) is -0.244. The molecule has 0 saturated carbocycles.